The highest BCUT2D eigenvalue weighted by molar-refractivity contribution is 5.89. The van der Waals surface area contributed by atoms with Gasteiger partial charge in [-0.1, -0.05) is 0 Å². The van der Waals surface area contributed by atoms with Gasteiger partial charge in [-0.05, 0) is 24.6 Å². The van der Waals surface area contributed by atoms with E-state index in [4.69, 9.17) is 5.11 Å². The maximum Gasteiger partial charge on any atom is 0.354 e. The summed E-state index contributed by atoms with van der Waals surface area (Å²) in [5.41, 5.74) is 2.62. The van der Waals surface area contributed by atoms with Gasteiger partial charge >= 0.3 is 5.97 Å². The number of pyridine rings is 1. The van der Waals surface area contributed by atoms with Gasteiger partial charge in [-0.15, -0.1) is 0 Å². The Hall–Kier alpha value is -1.84. The third-order valence-corrected chi connectivity index (χ3v) is 1.93. The summed E-state index contributed by atoms with van der Waals surface area (Å²) in [6, 6.07) is 3.21. The number of hydrogen-bond acceptors (Lipinski definition) is 2. The minimum Gasteiger partial charge on any atom is -0.477 e. The number of carboxylic acid groups (broad SMARTS) is 1. The second kappa shape index (κ2) is 2.58. The Balaban J connectivity index is 2.72. The molecule has 0 radical (unpaired) electrons. The van der Waals surface area contributed by atoms with E-state index in [1.807, 2.05) is 13.1 Å². The molecule has 66 valence electrons. The van der Waals surface area contributed by atoms with Gasteiger partial charge in [0, 0.05) is 6.20 Å². The van der Waals surface area contributed by atoms with Crippen molar-refractivity contribution in [2.75, 3.05) is 0 Å². The van der Waals surface area contributed by atoms with Crippen LogP contribution in [0.3, 0.4) is 0 Å². The van der Waals surface area contributed by atoms with Gasteiger partial charge in [0.05, 0.1) is 11.0 Å². The zero-order valence-electron chi connectivity index (χ0n) is 7.03. The van der Waals surface area contributed by atoms with E-state index in [1.54, 1.807) is 6.07 Å². The van der Waals surface area contributed by atoms with E-state index in [2.05, 4.69) is 9.97 Å². The SMILES string of the molecule is Cc1c[nH]c2ccc(C(=O)O)nc12. The molecule has 0 aliphatic rings. The maximum atomic E-state index is 10.6. The Bertz CT molecular complexity index is 473. The summed E-state index contributed by atoms with van der Waals surface area (Å²) in [4.78, 5) is 17.6. The van der Waals surface area contributed by atoms with Crippen LogP contribution in [0.5, 0.6) is 0 Å². The van der Waals surface area contributed by atoms with Crippen LogP contribution in [0.2, 0.25) is 0 Å². The first-order chi connectivity index (χ1) is 6.18. The Morgan fingerprint density at radius 1 is 1.54 bits per heavy atom. The van der Waals surface area contributed by atoms with E-state index < -0.39 is 5.97 Å². The molecule has 2 aromatic heterocycles. The lowest BCUT2D eigenvalue weighted by Gasteiger charge is -1.94. The minimum atomic E-state index is -0.998. The fourth-order valence-corrected chi connectivity index (χ4v) is 1.25. The molecular weight excluding hydrogens is 168 g/mol. The highest BCUT2D eigenvalue weighted by atomic mass is 16.4. The summed E-state index contributed by atoms with van der Waals surface area (Å²) >= 11 is 0. The summed E-state index contributed by atoms with van der Waals surface area (Å²) in [5, 5.41) is 8.70. The van der Waals surface area contributed by atoms with E-state index in [9.17, 15) is 4.79 Å². The number of rotatable bonds is 1. The highest BCUT2D eigenvalue weighted by Gasteiger charge is 2.07. The third-order valence-electron chi connectivity index (χ3n) is 1.93. The standard InChI is InChI=1S/C9H8N2O2/c1-5-4-10-6-2-3-7(9(12)13)11-8(5)6/h2-4,10H,1H3,(H,12,13). The summed E-state index contributed by atoms with van der Waals surface area (Å²) in [5.74, 6) is -0.998. The number of aromatic nitrogens is 2. The number of nitrogens with zero attached hydrogens (tertiary/aromatic N) is 1. The van der Waals surface area contributed by atoms with E-state index in [0.29, 0.717) is 0 Å². The van der Waals surface area contributed by atoms with Crippen molar-refractivity contribution in [2.45, 2.75) is 6.92 Å². The van der Waals surface area contributed by atoms with Crippen molar-refractivity contribution < 1.29 is 9.90 Å². The molecule has 0 saturated heterocycles. The van der Waals surface area contributed by atoms with Crippen LogP contribution in [0.25, 0.3) is 11.0 Å². The van der Waals surface area contributed by atoms with Crippen LogP contribution in [-0.2, 0) is 0 Å². The zero-order valence-corrected chi connectivity index (χ0v) is 7.03. The summed E-state index contributed by atoms with van der Waals surface area (Å²) in [7, 11) is 0. The van der Waals surface area contributed by atoms with Gasteiger partial charge in [0.15, 0.2) is 0 Å². The molecule has 0 fully saturated rings. The third kappa shape index (κ3) is 1.16. The quantitative estimate of drug-likeness (QED) is 0.693. The largest absolute Gasteiger partial charge is 0.477 e. The normalized spacial score (nSPS) is 10.5. The molecule has 13 heavy (non-hydrogen) atoms. The number of fused-ring (bicyclic) bond motifs is 1. The molecule has 4 nitrogen and oxygen atoms in total. The molecule has 0 amide bonds. The molecule has 0 spiro atoms. The lowest BCUT2D eigenvalue weighted by molar-refractivity contribution is 0.0691. The van der Waals surface area contributed by atoms with E-state index in [1.165, 1.54) is 6.07 Å². The van der Waals surface area contributed by atoms with E-state index in [0.717, 1.165) is 16.6 Å². The first-order valence-corrected chi connectivity index (χ1v) is 3.86. The Morgan fingerprint density at radius 2 is 2.31 bits per heavy atom. The van der Waals surface area contributed by atoms with Crippen LogP contribution in [0.1, 0.15) is 16.1 Å². The van der Waals surface area contributed by atoms with Gasteiger partial charge in [0.2, 0.25) is 0 Å². The van der Waals surface area contributed by atoms with Crippen molar-refractivity contribution in [3.63, 3.8) is 0 Å². The zero-order chi connectivity index (χ0) is 9.42. The molecule has 2 N–H and O–H groups in total. The van der Waals surface area contributed by atoms with Gasteiger partial charge in [-0.3, -0.25) is 0 Å². The fourth-order valence-electron chi connectivity index (χ4n) is 1.25. The molecule has 0 saturated carbocycles. The highest BCUT2D eigenvalue weighted by Crippen LogP contribution is 2.14. The number of carboxylic acids is 1. The van der Waals surface area contributed by atoms with Crippen LogP contribution >= 0.6 is 0 Å². The monoisotopic (exact) mass is 176 g/mol. The van der Waals surface area contributed by atoms with Crippen molar-refractivity contribution in [1.82, 2.24) is 9.97 Å². The topological polar surface area (TPSA) is 66.0 Å². The number of aromatic amines is 1. The van der Waals surface area contributed by atoms with Crippen LogP contribution < -0.4 is 0 Å². The first kappa shape index (κ1) is 7.79. The van der Waals surface area contributed by atoms with Crippen molar-refractivity contribution in [1.29, 1.82) is 0 Å². The Morgan fingerprint density at radius 3 is 3.00 bits per heavy atom. The molecular formula is C9H8N2O2. The molecule has 0 bridgehead atoms. The average Bonchev–Trinajstić information content (AvgIpc) is 2.47. The van der Waals surface area contributed by atoms with Crippen LogP contribution in [-0.4, -0.2) is 21.0 Å². The Kier molecular flexibility index (Phi) is 1.55. The number of carbonyl (C=O) groups is 1. The molecule has 0 aliphatic carbocycles. The van der Waals surface area contributed by atoms with Crippen molar-refractivity contribution in [3.8, 4) is 0 Å². The summed E-state index contributed by atoms with van der Waals surface area (Å²) in [6.45, 7) is 1.89. The Labute approximate surface area is 74.2 Å². The van der Waals surface area contributed by atoms with Gasteiger partial charge in [-0.2, -0.15) is 0 Å². The second-order valence-corrected chi connectivity index (χ2v) is 2.87. The van der Waals surface area contributed by atoms with Gasteiger partial charge in [0.1, 0.15) is 5.69 Å². The molecule has 2 rings (SSSR count). The molecule has 2 aromatic rings. The fraction of sp³-hybridized carbons (Fsp3) is 0.111. The maximum absolute atomic E-state index is 10.6. The van der Waals surface area contributed by atoms with Crippen LogP contribution in [0, 0.1) is 6.92 Å². The number of nitrogens with one attached hydrogen (secondary N) is 1. The van der Waals surface area contributed by atoms with Gasteiger partial charge in [0.25, 0.3) is 0 Å². The lowest BCUT2D eigenvalue weighted by atomic mass is 10.2. The molecule has 2 heterocycles. The molecule has 0 aromatic carbocycles. The van der Waals surface area contributed by atoms with E-state index in [-0.39, 0.29) is 5.69 Å². The number of hydrogen-bond donors (Lipinski definition) is 2. The van der Waals surface area contributed by atoms with Gasteiger partial charge < -0.3 is 10.1 Å². The van der Waals surface area contributed by atoms with Crippen molar-refractivity contribution in [2.24, 2.45) is 0 Å². The van der Waals surface area contributed by atoms with Gasteiger partial charge in [-0.25, -0.2) is 9.78 Å². The average molecular weight is 176 g/mol. The molecule has 0 atom stereocenters. The van der Waals surface area contributed by atoms with Crippen LogP contribution in [0.15, 0.2) is 18.3 Å². The number of H-pyrrole nitrogens is 1. The number of aryl methyl sites for hydroxylation is 1. The second-order valence-electron chi connectivity index (χ2n) is 2.87. The molecule has 0 aliphatic heterocycles. The molecule has 4 heteroatoms. The summed E-state index contributed by atoms with van der Waals surface area (Å²) in [6.07, 6.45) is 1.81. The first-order valence-electron chi connectivity index (χ1n) is 3.86. The number of aromatic carboxylic acids is 1. The summed E-state index contributed by atoms with van der Waals surface area (Å²) < 4.78 is 0. The molecule has 0 unspecified atom stereocenters. The predicted octanol–water partition coefficient (Wildman–Crippen LogP) is 1.57. The minimum absolute atomic E-state index is 0.0789. The van der Waals surface area contributed by atoms with Crippen molar-refractivity contribution >= 4 is 17.0 Å². The smallest absolute Gasteiger partial charge is 0.354 e. The lowest BCUT2D eigenvalue weighted by Crippen LogP contribution is -1.99. The predicted molar refractivity (Wildman–Crippen MR) is 47.8 cm³/mol. The van der Waals surface area contributed by atoms with Crippen molar-refractivity contribution in [3.05, 3.63) is 29.6 Å². The van der Waals surface area contributed by atoms with E-state index >= 15 is 0 Å². The van der Waals surface area contributed by atoms with Crippen LogP contribution in [0.4, 0.5) is 0 Å².